The predicted octanol–water partition coefficient (Wildman–Crippen LogP) is 5.64. The molecule has 120 valence electrons. The van der Waals surface area contributed by atoms with Crippen molar-refractivity contribution in [2.45, 2.75) is 85.5 Å². The fourth-order valence-corrected chi connectivity index (χ4v) is 3.99. The number of hydrogen-bond acceptors (Lipinski definition) is 1. The van der Waals surface area contributed by atoms with Gasteiger partial charge in [0.25, 0.3) is 0 Å². The van der Waals surface area contributed by atoms with Crippen molar-refractivity contribution < 1.29 is 0 Å². The van der Waals surface area contributed by atoms with E-state index in [2.05, 4.69) is 33.0 Å². The molecule has 0 aromatic heterocycles. The molecular formula is C19H39N. The van der Waals surface area contributed by atoms with Crippen molar-refractivity contribution in [3.8, 4) is 0 Å². The molecule has 1 aliphatic rings. The minimum Gasteiger partial charge on any atom is -0.316 e. The zero-order chi connectivity index (χ0) is 14.8. The second-order valence-electron chi connectivity index (χ2n) is 7.29. The largest absolute Gasteiger partial charge is 0.316 e. The summed E-state index contributed by atoms with van der Waals surface area (Å²) in [5.74, 6) is 3.89. The van der Waals surface area contributed by atoms with Crippen LogP contribution >= 0.6 is 0 Å². The van der Waals surface area contributed by atoms with Gasteiger partial charge in [-0.3, -0.25) is 0 Å². The van der Waals surface area contributed by atoms with E-state index in [-0.39, 0.29) is 0 Å². The molecule has 4 unspecified atom stereocenters. The predicted molar refractivity (Wildman–Crippen MR) is 91.1 cm³/mol. The van der Waals surface area contributed by atoms with E-state index < -0.39 is 0 Å². The molecule has 0 spiro atoms. The van der Waals surface area contributed by atoms with Crippen molar-refractivity contribution >= 4 is 0 Å². The van der Waals surface area contributed by atoms with E-state index in [0.29, 0.717) is 0 Å². The number of nitrogens with one attached hydrogen (secondary N) is 1. The lowest BCUT2D eigenvalue weighted by Gasteiger charge is -2.37. The molecule has 0 aromatic carbocycles. The third-order valence-corrected chi connectivity index (χ3v) is 5.41. The third-order valence-electron chi connectivity index (χ3n) is 5.41. The molecule has 0 aromatic rings. The highest BCUT2D eigenvalue weighted by atomic mass is 14.9. The molecular weight excluding hydrogens is 242 g/mol. The van der Waals surface area contributed by atoms with Crippen molar-refractivity contribution in [2.75, 3.05) is 13.1 Å². The lowest BCUT2D eigenvalue weighted by molar-refractivity contribution is 0.150. The van der Waals surface area contributed by atoms with Crippen LogP contribution in [0.1, 0.15) is 85.5 Å². The number of unbranched alkanes of at least 4 members (excludes halogenated alkanes) is 1. The molecule has 0 bridgehead atoms. The van der Waals surface area contributed by atoms with Gasteiger partial charge in [-0.2, -0.15) is 0 Å². The molecule has 0 amide bonds. The maximum Gasteiger partial charge on any atom is -0.00179 e. The Kier molecular flexibility index (Phi) is 9.59. The minimum atomic E-state index is 0.952. The zero-order valence-corrected chi connectivity index (χ0v) is 14.6. The average molecular weight is 282 g/mol. The molecule has 0 saturated heterocycles. The van der Waals surface area contributed by atoms with E-state index in [4.69, 9.17) is 0 Å². The van der Waals surface area contributed by atoms with E-state index >= 15 is 0 Å². The number of hydrogen-bond donors (Lipinski definition) is 1. The van der Waals surface area contributed by atoms with Gasteiger partial charge in [0.2, 0.25) is 0 Å². The summed E-state index contributed by atoms with van der Waals surface area (Å²) >= 11 is 0. The van der Waals surface area contributed by atoms with E-state index in [1.807, 2.05) is 0 Å². The Balaban J connectivity index is 2.45. The normalized spacial score (nSPS) is 28.5. The summed E-state index contributed by atoms with van der Waals surface area (Å²) in [5.41, 5.74) is 0. The molecule has 1 nitrogen and oxygen atoms in total. The quantitative estimate of drug-likeness (QED) is 0.511. The van der Waals surface area contributed by atoms with Crippen LogP contribution in [0.25, 0.3) is 0 Å². The van der Waals surface area contributed by atoms with Crippen LogP contribution in [-0.2, 0) is 0 Å². The maximum atomic E-state index is 3.68. The highest BCUT2D eigenvalue weighted by Gasteiger charge is 2.29. The third kappa shape index (κ3) is 6.61. The maximum absolute atomic E-state index is 3.68. The molecule has 1 aliphatic carbocycles. The van der Waals surface area contributed by atoms with E-state index in [0.717, 1.165) is 23.7 Å². The van der Waals surface area contributed by atoms with E-state index in [1.54, 1.807) is 0 Å². The lowest BCUT2D eigenvalue weighted by Crippen LogP contribution is -2.34. The Hall–Kier alpha value is -0.0400. The average Bonchev–Trinajstić information content (AvgIpc) is 2.45. The number of rotatable bonds is 10. The first kappa shape index (κ1) is 18.0. The fraction of sp³-hybridized carbons (Fsp3) is 1.00. The van der Waals surface area contributed by atoms with Gasteiger partial charge in [-0.25, -0.2) is 0 Å². The summed E-state index contributed by atoms with van der Waals surface area (Å²) in [7, 11) is 0. The van der Waals surface area contributed by atoms with Crippen LogP contribution in [-0.4, -0.2) is 13.1 Å². The van der Waals surface area contributed by atoms with Gasteiger partial charge in [0.05, 0.1) is 0 Å². The summed E-state index contributed by atoms with van der Waals surface area (Å²) in [6.07, 6.45) is 12.8. The van der Waals surface area contributed by atoms with Gasteiger partial charge >= 0.3 is 0 Å². The second kappa shape index (κ2) is 10.7. The van der Waals surface area contributed by atoms with Gasteiger partial charge < -0.3 is 5.32 Å². The molecule has 1 heteroatoms. The Bertz CT molecular complexity index is 226. The van der Waals surface area contributed by atoms with Crippen LogP contribution in [0.3, 0.4) is 0 Å². The first-order valence-corrected chi connectivity index (χ1v) is 9.41. The van der Waals surface area contributed by atoms with Crippen molar-refractivity contribution in [1.82, 2.24) is 5.32 Å². The molecule has 20 heavy (non-hydrogen) atoms. The molecule has 0 radical (unpaired) electrons. The Morgan fingerprint density at radius 3 is 2.50 bits per heavy atom. The highest BCUT2D eigenvalue weighted by molar-refractivity contribution is 4.81. The molecule has 0 aliphatic heterocycles. The summed E-state index contributed by atoms with van der Waals surface area (Å²) in [6, 6.07) is 0. The summed E-state index contributed by atoms with van der Waals surface area (Å²) < 4.78 is 0. The molecule has 1 saturated carbocycles. The molecule has 0 heterocycles. The molecule has 4 atom stereocenters. The van der Waals surface area contributed by atoms with Gasteiger partial charge in [0.1, 0.15) is 0 Å². The van der Waals surface area contributed by atoms with Crippen molar-refractivity contribution in [3.05, 3.63) is 0 Å². The highest BCUT2D eigenvalue weighted by Crippen LogP contribution is 2.38. The summed E-state index contributed by atoms with van der Waals surface area (Å²) in [5, 5.41) is 3.68. The smallest absolute Gasteiger partial charge is 0.00179 e. The monoisotopic (exact) mass is 281 g/mol. The van der Waals surface area contributed by atoms with Crippen molar-refractivity contribution in [3.63, 3.8) is 0 Å². The van der Waals surface area contributed by atoms with Crippen molar-refractivity contribution in [2.24, 2.45) is 23.7 Å². The van der Waals surface area contributed by atoms with Gasteiger partial charge in [0.15, 0.2) is 0 Å². The first-order chi connectivity index (χ1) is 9.71. The fourth-order valence-electron chi connectivity index (χ4n) is 3.99. The topological polar surface area (TPSA) is 12.0 Å². The van der Waals surface area contributed by atoms with Gasteiger partial charge in [-0.15, -0.1) is 0 Å². The Morgan fingerprint density at radius 1 is 1.05 bits per heavy atom. The molecule has 1 fully saturated rings. The van der Waals surface area contributed by atoms with Gasteiger partial charge in [-0.05, 0) is 62.4 Å². The van der Waals surface area contributed by atoms with Crippen LogP contribution in [0.2, 0.25) is 0 Å². The van der Waals surface area contributed by atoms with Crippen LogP contribution < -0.4 is 5.32 Å². The van der Waals surface area contributed by atoms with Crippen LogP contribution in [0, 0.1) is 23.7 Å². The van der Waals surface area contributed by atoms with E-state index in [9.17, 15) is 0 Å². The Morgan fingerprint density at radius 2 is 1.85 bits per heavy atom. The summed E-state index contributed by atoms with van der Waals surface area (Å²) in [6.45, 7) is 11.9. The van der Waals surface area contributed by atoms with Crippen LogP contribution in [0.5, 0.6) is 0 Å². The van der Waals surface area contributed by atoms with Gasteiger partial charge in [0, 0.05) is 0 Å². The first-order valence-electron chi connectivity index (χ1n) is 9.41. The summed E-state index contributed by atoms with van der Waals surface area (Å²) in [4.78, 5) is 0. The van der Waals surface area contributed by atoms with Crippen LogP contribution in [0.4, 0.5) is 0 Å². The molecule has 1 N–H and O–H groups in total. The SMILES string of the molecule is CCCCC(CC)CC1CC(C)CCC1CNCCC. The Labute approximate surface area is 128 Å². The van der Waals surface area contributed by atoms with Crippen LogP contribution in [0.15, 0.2) is 0 Å². The van der Waals surface area contributed by atoms with Gasteiger partial charge in [-0.1, -0.05) is 59.8 Å². The molecule has 1 rings (SSSR count). The lowest BCUT2D eigenvalue weighted by atomic mass is 9.70. The standard InChI is InChI=1S/C19H39N/c1-5-8-9-17(7-3)14-19-13-16(4)10-11-18(19)15-20-12-6-2/h16-20H,5-15H2,1-4H3. The van der Waals surface area contributed by atoms with Crippen molar-refractivity contribution in [1.29, 1.82) is 0 Å². The van der Waals surface area contributed by atoms with E-state index in [1.165, 1.54) is 70.9 Å². The minimum absolute atomic E-state index is 0.952. The zero-order valence-electron chi connectivity index (χ0n) is 14.6. The second-order valence-corrected chi connectivity index (χ2v) is 7.29.